The number of amides is 1. The van der Waals surface area contributed by atoms with Gasteiger partial charge in [0.1, 0.15) is 0 Å². The predicted molar refractivity (Wildman–Crippen MR) is 76.4 cm³/mol. The van der Waals surface area contributed by atoms with Gasteiger partial charge >= 0.3 is 0 Å². The van der Waals surface area contributed by atoms with Gasteiger partial charge in [-0.15, -0.1) is 0 Å². The number of hydrogen-bond donors (Lipinski definition) is 1. The van der Waals surface area contributed by atoms with E-state index in [1.165, 1.54) is 12.8 Å². The summed E-state index contributed by atoms with van der Waals surface area (Å²) in [5.74, 6) is 1.50. The molecule has 1 N–H and O–H groups in total. The van der Waals surface area contributed by atoms with Crippen molar-refractivity contribution in [1.29, 1.82) is 0 Å². The second-order valence-electron chi connectivity index (χ2n) is 6.33. The van der Waals surface area contributed by atoms with Crippen LogP contribution < -0.4 is 5.32 Å². The summed E-state index contributed by atoms with van der Waals surface area (Å²) in [4.78, 5) is 14.6. The molecule has 0 aromatic carbocycles. The minimum atomic E-state index is 0.129. The molecule has 18 heavy (non-hydrogen) atoms. The molecule has 2 atom stereocenters. The molecule has 0 spiro atoms. The summed E-state index contributed by atoms with van der Waals surface area (Å²) >= 11 is 0. The summed E-state index contributed by atoms with van der Waals surface area (Å²) in [6.07, 6.45) is 2.49. The Morgan fingerprint density at radius 3 is 2.39 bits per heavy atom. The summed E-state index contributed by atoms with van der Waals surface area (Å²) in [5, 5.41) is 3.43. The maximum absolute atomic E-state index is 12.5. The second-order valence-corrected chi connectivity index (χ2v) is 6.33. The van der Waals surface area contributed by atoms with Gasteiger partial charge in [-0.3, -0.25) is 4.79 Å². The first-order valence-electron chi connectivity index (χ1n) is 7.44. The molecule has 3 heteroatoms. The van der Waals surface area contributed by atoms with E-state index in [0.717, 1.165) is 19.6 Å². The number of piperidine rings is 1. The van der Waals surface area contributed by atoms with Crippen LogP contribution in [0.4, 0.5) is 0 Å². The number of carbonyl (C=O) groups is 1. The van der Waals surface area contributed by atoms with Crippen LogP contribution in [0.3, 0.4) is 0 Å². The van der Waals surface area contributed by atoms with Crippen LogP contribution in [0.1, 0.15) is 47.5 Å². The van der Waals surface area contributed by atoms with E-state index >= 15 is 0 Å². The van der Waals surface area contributed by atoms with Gasteiger partial charge in [0.15, 0.2) is 0 Å². The van der Waals surface area contributed by atoms with Gasteiger partial charge in [-0.2, -0.15) is 0 Å². The smallest absolute Gasteiger partial charge is 0.225 e. The molecule has 1 rings (SSSR count). The van der Waals surface area contributed by atoms with Crippen LogP contribution >= 0.6 is 0 Å². The van der Waals surface area contributed by atoms with Gasteiger partial charge in [-0.1, -0.05) is 20.8 Å². The lowest BCUT2D eigenvalue weighted by molar-refractivity contribution is -0.138. The van der Waals surface area contributed by atoms with Crippen LogP contribution in [0.5, 0.6) is 0 Å². The van der Waals surface area contributed by atoms with Crippen LogP contribution in [0.2, 0.25) is 0 Å². The molecule has 0 aromatic heterocycles. The van der Waals surface area contributed by atoms with Crippen molar-refractivity contribution in [3.63, 3.8) is 0 Å². The lowest BCUT2D eigenvalue weighted by atomic mass is 9.94. The summed E-state index contributed by atoms with van der Waals surface area (Å²) in [5.41, 5.74) is 0. The molecule has 0 bridgehead atoms. The Kier molecular flexibility index (Phi) is 6.13. The van der Waals surface area contributed by atoms with Crippen LogP contribution in [0, 0.1) is 17.8 Å². The fourth-order valence-corrected chi connectivity index (χ4v) is 2.46. The molecular weight excluding hydrogens is 224 g/mol. The molecule has 1 saturated heterocycles. The molecular formula is C15H30N2O. The van der Waals surface area contributed by atoms with E-state index in [4.69, 9.17) is 0 Å². The van der Waals surface area contributed by atoms with Crippen LogP contribution in [-0.2, 0) is 4.79 Å². The van der Waals surface area contributed by atoms with Crippen LogP contribution in [0.25, 0.3) is 0 Å². The van der Waals surface area contributed by atoms with E-state index in [1.807, 2.05) is 0 Å². The SMILES string of the molecule is CC(C)C(C)C(=O)N(CC1CCCNC1)C(C)C. The third kappa shape index (κ3) is 4.27. The molecule has 1 heterocycles. The highest BCUT2D eigenvalue weighted by atomic mass is 16.2. The van der Waals surface area contributed by atoms with Gasteiger partial charge in [-0.05, 0) is 51.6 Å². The van der Waals surface area contributed by atoms with Crippen molar-refractivity contribution in [3.8, 4) is 0 Å². The first kappa shape index (κ1) is 15.5. The standard InChI is InChI=1S/C15H30N2O/c1-11(2)13(5)15(18)17(12(3)4)10-14-7-6-8-16-9-14/h11-14,16H,6-10H2,1-5H3. The van der Waals surface area contributed by atoms with E-state index in [0.29, 0.717) is 23.8 Å². The van der Waals surface area contributed by atoms with Gasteiger partial charge in [0.05, 0.1) is 0 Å². The van der Waals surface area contributed by atoms with Crippen LogP contribution in [0.15, 0.2) is 0 Å². The Morgan fingerprint density at radius 1 is 1.28 bits per heavy atom. The molecule has 0 aliphatic carbocycles. The normalized spacial score (nSPS) is 22.3. The third-order valence-electron chi connectivity index (χ3n) is 4.15. The molecule has 3 nitrogen and oxygen atoms in total. The number of carbonyl (C=O) groups excluding carboxylic acids is 1. The number of hydrogen-bond acceptors (Lipinski definition) is 2. The number of rotatable bonds is 5. The quantitative estimate of drug-likeness (QED) is 0.817. The monoisotopic (exact) mass is 254 g/mol. The van der Waals surface area contributed by atoms with Crippen LogP contribution in [-0.4, -0.2) is 36.5 Å². The first-order valence-corrected chi connectivity index (χ1v) is 7.44. The average Bonchev–Trinajstić information content (AvgIpc) is 2.35. The minimum Gasteiger partial charge on any atom is -0.340 e. The molecule has 106 valence electrons. The molecule has 2 unspecified atom stereocenters. The second kappa shape index (κ2) is 7.13. The van der Waals surface area contributed by atoms with E-state index in [1.54, 1.807) is 0 Å². The summed E-state index contributed by atoms with van der Waals surface area (Å²) in [6, 6.07) is 0.306. The predicted octanol–water partition coefficient (Wildman–Crippen LogP) is 2.52. The summed E-state index contributed by atoms with van der Waals surface area (Å²) in [7, 11) is 0. The molecule has 0 radical (unpaired) electrons. The molecule has 0 saturated carbocycles. The number of nitrogens with one attached hydrogen (secondary N) is 1. The zero-order valence-electron chi connectivity index (χ0n) is 12.7. The van der Waals surface area contributed by atoms with E-state index < -0.39 is 0 Å². The molecule has 1 fully saturated rings. The van der Waals surface area contributed by atoms with Crippen molar-refractivity contribution in [2.45, 2.75) is 53.5 Å². The van der Waals surface area contributed by atoms with Crippen molar-refractivity contribution >= 4 is 5.91 Å². The van der Waals surface area contributed by atoms with Gasteiger partial charge in [0.2, 0.25) is 5.91 Å². The minimum absolute atomic E-state index is 0.129. The Hall–Kier alpha value is -0.570. The summed E-state index contributed by atoms with van der Waals surface area (Å²) in [6.45, 7) is 13.7. The zero-order chi connectivity index (χ0) is 13.7. The Balaban J connectivity index is 2.61. The van der Waals surface area contributed by atoms with Gasteiger partial charge < -0.3 is 10.2 Å². The lowest BCUT2D eigenvalue weighted by Gasteiger charge is -2.35. The van der Waals surface area contributed by atoms with E-state index in [9.17, 15) is 4.79 Å². The fraction of sp³-hybridized carbons (Fsp3) is 0.933. The van der Waals surface area contributed by atoms with Crippen molar-refractivity contribution in [2.75, 3.05) is 19.6 Å². The topological polar surface area (TPSA) is 32.3 Å². The van der Waals surface area contributed by atoms with Gasteiger partial charge in [0.25, 0.3) is 0 Å². The summed E-state index contributed by atoms with van der Waals surface area (Å²) < 4.78 is 0. The molecule has 1 amide bonds. The first-order chi connectivity index (χ1) is 8.43. The van der Waals surface area contributed by atoms with Gasteiger partial charge in [0, 0.05) is 18.5 Å². The average molecular weight is 254 g/mol. The molecule has 1 aliphatic rings. The molecule has 0 aromatic rings. The highest BCUT2D eigenvalue weighted by molar-refractivity contribution is 5.79. The van der Waals surface area contributed by atoms with Crippen molar-refractivity contribution in [1.82, 2.24) is 10.2 Å². The van der Waals surface area contributed by atoms with E-state index in [-0.39, 0.29) is 5.92 Å². The highest BCUT2D eigenvalue weighted by Crippen LogP contribution is 2.19. The maximum Gasteiger partial charge on any atom is 0.225 e. The largest absolute Gasteiger partial charge is 0.340 e. The Labute approximate surface area is 112 Å². The Morgan fingerprint density at radius 2 is 1.94 bits per heavy atom. The van der Waals surface area contributed by atoms with Crippen molar-refractivity contribution < 1.29 is 4.79 Å². The number of nitrogens with zero attached hydrogens (tertiary/aromatic N) is 1. The van der Waals surface area contributed by atoms with Gasteiger partial charge in [-0.25, -0.2) is 0 Å². The van der Waals surface area contributed by atoms with Crippen molar-refractivity contribution in [3.05, 3.63) is 0 Å². The fourth-order valence-electron chi connectivity index (χ4n) is 2.46. The van der Waals surface area contributed by atoms with Crippen molar-refractivity contribution in [2.24, 2.45) is 17.8 Å². The lowest BCUT2D eigenvalue weighted by Crippen LogP contribution is -2.46. The highest BCUT2D eigenvalue weighted by Gasteiger charge is 2.27. The zero-order valence-corrected chi connectivity index (χ0v) is 12.7. The Bertz CT molecular complexity index is 257. The molecule has 1 aliphatic heterocycles. The van der Waals surface area contributed by atoms with E-state index in [2.05, 4.69) is 44.8 Å². The third-order valence-corrected chi connectivity index (χ3v) is 4.15. The maximum atomic E-state index is 12.5.